The fourth-order valence-electron chi connectivity index (χ4n) is 4.48. The third kappa shape index (κ3) is 3.25. The van der Waals surface area contributed by atoms with Crippen LogP contribution in [0.25, 0.3) is 0 Å². The Labute approximate surface area is 218 Å². The van der Waals surface area contributed by atoms with E-state index in [0.29, 0.717) is 0 Å². The average molecular weight is 613 g/mol. The number of allylic oxidation sites excluding steroid dienone is 3. The van der Waals surface area contributed by atoms with Crippen LogP contribution in [0.3, 0.4) is 0 Å². The van der Waals surface area contributed by atoms with Gasteiger partial charge in [-0.25, -0.2) is 26.9 Å². The lowest BCUT2D eigenvalue weighted by Crippen LogP contribution is -2.54. The van der Waals surface area contributed by atoms with Crippen LogP contribution in [0, 0.1) is 29.1 Å². The van der Waals surface area contributed by atoms with Crippen molar-refractivity contribution >= 4 is 56.6 Å². The standard InChI is InChI=1S/C23H13BrCl2F5NO4/c1-3-8-4-5-22(25)20(34)32(18-16(30)14(28)13(27)15(29)17(18)31)21(35)23(22,26)12(8)9-6-10(24)19(33)11(7-9)36-2/h3-4,6-7,12,33H,1,5H2,2H3/t12-,22-,23+/m1/s1. The number of anilines is 1. The van der Waals surface area contributed by atoms with E-state index in [1.165, 1.54) is 31.4 Å². The number of benzene rings is 2. The smallest absolute Gasteiger partial charge is 0.258 e. The lowest BCUT2D eigenvalue weighted by molar-refractivity contribution is -0.122. The number of amides is 2. The van der Waals surface area contributed by atoms with Gasteiger partial charge in [0.2, 0.25) is 5.82 Å². The molecule has 36 heavy (non-hydrogen) atoms. The van der Waals surface area contributed by atoms with Gasteiger partial charge >= 0.3 is 0 Å². The van der Waals surface area contributed by atoms with Gasteiger partial charge in [0.25, 0.3) is 11.8 Å². The summed E-state index contributed by atoms with van der Waals surface area (Å²) in [5, 5.41) is 10.2. The first-order valence-electron chi connectivity index (χ1n) is 9.95. The van der Waals surface area contributed by atoms with Crippen LogP contribution in [0.1, 0.15) is 17.9 Å². The number of halogens is 8. The monoisotopic (exact) mass is 611 g/mol. The van der Waals surface area contributed by atoms with Gasteiger partial charge in [-0.2, -0.15) is 0 Å². The summed E-state index contributed by atoms with van der Waals surface area (Å²) in [5.74, 6) is -16.7. The zero-order valence-electron chi connectivity index (χ0n) is 17.9. The topological polar surface area (TPSA) is 66.8 Å². The molecule has 1 aliphatic heterocycles. The highest BCUT2D eigenvalue weighted by Gasteiger charge is 2.73. The lowest BCUT2D eigenvalue weighted by atomic mass is 9.68. The first-order chi connectivity index (χ1) is 16.8. The van der Waals surface area contributed by atoms with Crippen LogP contribution >= 0.6 is 39.1 Å². The number of nitrogens with zero attached hydrogens (tertiary/aromatic N) is 1. The zero-order chi connectivity index (χ0) is 26.9. The van der Waals surface area contributed by atoms with E-state index in [-0.39, 0.29) is 32.0 Å². The fourth-order valence-corrected chi connectivity index (χ4v) is 5.79. The highest BCUT2D eigenvalue weighted by Crippen LogP contribution is 2.60. The fraction of sp³-hybridized carbons (Fsp3) is 0.217. The average Bonchev–Trinajstić information content (AvgIpc) is 3.00. The molecular formula is C23H13BrCl2F5NO4. The minimum atomic E-state index is -2.52. The number of hydrogen-bond acceptors (Lipinski definition) is 4. The largest absolute Gasteiger partial charge is 0.503 e. The number of hydrogen-bond donors (Lipinski definition) is 1. The number of ether oxygens (including phenoxy) is 1. The Morgan fingerprint density at radius 3 is 2.17 bits per heavy atom. The summed E-state index contributed by atoms with van der Waals surface area (Å²) >= 11 is 16.6. The SMILES string of the molecule is C=CC1=CC[C@@]2(Cl)C(=O)N(c3c(F)c(F)c(F)c(F)c3F)C(=O)[C@@]2(Cl)[C@H]1c1cc(Br)c(O)c(OC)c1. The molecule has 0 saturated carbocycles. The van der Waals surface area contributed by atoms with Gasteiger partial charge < -0.3 is 9.84 Å². The quantitative estimate of drug-likeness (QED) is 0.152. The Morgan fingerprint density at radius 1 is 1.08 bits per heavy atom. The van der Waals surface area contributed by atoms with Gasteiger partial charge in [0.15, 0.2) is 44.5 Å². The van der Waals surface area contributed by atoms with Crippen LogP contribution in [-0.2, 0) is 9.59 Å². The van der Waals surface area contributed by atoms with E-state index in [1.54, 1.807) is 0 Å². The molecule has 1 aliphatic carbocycles. The van der Waals surface area contributed by atoms with E-state index in [9.17, 15) is 36.6 Å². The number of imide groups is 1. The summed E-state index contributed by atoms with van der Waals surface area (Å²) < 4.78 is 76.1. The van der Waals surface area contributed by atoms with E-state index in [1.807, 2.05) is 0 Å². The molecule has 2 aliphatic rings. The zero-order valence-corrected chi connectivity index (χ0v) is 21.0. The molecule has 0 radical (unpaired) electrons. The summed E-state index contributed by atoms with van der Waals surface area (Å²) in [7, 11) is 1.24. The minimum absolute atomic E-state index is 0.0674. The van der Waals surface area contributed by atoms with Gasteiger partial charge in [-0.1, -0.05) is 18.7 Å². The summed E-state index contributed by atoms with van der Waals surface area (Å²) in [6.45, 7) is 3.66. The minimum Gasteiger partial charge on any atom is -0.503 e. The molecule has 0 spiro atoms. The van der Waals surface area contributed by atoms with Crippen molar-refractivity contribution in [1.29, 1.82) is 0 Å². The van der Waals surface area contributed by atoms with Crippen molar-refractivity contribution in [2.45, 2.75) is 22.1 Å². The second-order valence-corrected chi connectivity index (χ2v) is 10.1. The second-order valence-electron chi connectivity index (χ2n) is 7.98. The number of phenols is 1. The molecule has 2 amide bonds. The van der Waals surface area contributed by atoms with Crippen LogP contribution < -0.4 is 9.64 Å². The summed E-state index contributed by atoms with van der Waals surface area (Å²) in [6, 6.07) is 2.62. The molecule has 1 heterocycles. The Hall–Kier alpha value is -2.63. The number of phenolic OH excluding ortho intramolecular Hbond substituents is 1. The molecule has 2 aromatic rings. The van der Waals surface area contributed by atoms with Gasteiger partial charge in [-0.05, 0) is 45.6 Å². The van der Waals surface area contributed by atoms with E-state index in [4.69, 9.17) is 27.9 Å². The molecular weight excluding hydrogens is 600 g/mol. The number of rotatable bonds is 4. The molecule has 0 unspecified atom stereocenters. The third-order valence-corrected chi connectivity index (χ3v) is 8.25. The number of alkyl halides is 2. The number of aromatic hydroxyl groups is 1. The first kappa shape index (κ1) is 26.4. The first-order valence-corrected chi connectivity index (χ1v) is 11.5. The summed E-state index contributed by atoms with van der Waals surface area (Å²) in [5.41, 5.74) is -1.37. The van der Waals surface area contributed by atoms with Gasteiger partial charge in [0.1, 0.15) is 5.69 Å². The van der Waals surface area contributed by atoms with Crippen molar-refractivity contribution in [2.24, 2.45) is 0 Å². The van der Waals surface area contributed by atoms with E-state index >= 15 is 0 Å². The Kier molecular flexibility index (Phi) is 6.42. The maximum Gasteiger partial charge on any atom is 0.258 e. The molecule has 3 atom stereocenters. The maximum atomic E-state index is 14.7. The van der Waals surface area contributed by atoms with Crippen molar-refractivity contribution in [1.82, 2.24) is 0 Å². The van der Waals surface area contributed by atoms with Crippen LogP contribution in [-0.4, -0.2) is 33.8 Å². The van der Waals surface area contributed by atoms with E-state index in [0.717, 1.165) is 0 Å². The van der Waals surface area contributed by atoms with E-state index < -0.39 is 68.7 Å². The predicted molar refractivity (Wildman–Crippen MR) is 124 cm³/mol. The van der Waals surface area contributed by atoms with Crippen molar-refractivity contribution in [3.05, 3.63) is 75.6 Å². The van der Waals surface area contributed by atoms with Crippen molar-refractivity contribution < 1.29 is 41.4 Å². The van der Waals surface area contributed by atoms with Crippen LogP contribution in [0.2, 0.25) is 0 Å². The van der Waals surface area contributed by atoms with Crippen LogP contribution in [0.5, 0.6) is 11.5 Å². The Bertz CT molecular complexity index is 1370. The van der Waals surface area contributed by atoms with Crippen LogP contribution in [0.4, 0.5) is 27.6 Å². The van der Waals surface area contributed by atoms with Gasteiger partial charge in [-0.3, -0.25) is 9.59 Å². The lowest BCUT2D eigenvalue weighted by Gasteiger charge is -2.42. The normalized spacial score (nSPS) is 25.6. The second kappa shape index (κ2) is 8.74. The van der Waals surface area contributed by atoms with Crippen molar-refractivity contribution in [2.75, 3.05) is 12.0 Å². The molecule has 1 saturated heterocycles. The highest BCUT2D eigenvalue weighted by molar-refractivity contribution is 9.10. The number of carbonyl (C=O) groups excluding carboxylic acids is 2. The molecule has 1 fully saturated rings. The Morgan fingerprint density at radius 2 is 1.64 bits per heavy atom. The number of carbonyl (C=O) groups is 2. The molecule has 2 aromatic carbocycles. The number of fused-ring (bicyclic) bond motifs is 1. The third-order valence-electron chi connectivity index (χ3n) is 6.23. The van der Waals surface area contributed by atoms with Gasteiger partial charge in [0, 0.05) is 5.92 Å². The number of methoxy groups -OCH3 is 1. The summed E-state index contributed by atoms with van der Waals surface area (Å²) in [6.07, 6.45) is 2.27. The molecule has 0 aromatic heterocycles. The molecule has 4 rings (SSSR count). The highest BCUT2D eigenvalue weighted by atomic mass is 79.9. The van der Waals surface area contributed by atoms with Gasteiger partial charge in [-0.15, -0.1) is 23.2 Å². The summed E-state index contributed by atoms with van der Waals surface area (Å²) in [4.78, 5) is 22.0. The maximum absolute atomic E-state index is 14.7. The molecule has 0 bridgehead atoms. The molecule has 1 N–H and O–H groups in total. The predicted octanol–water partition coefficient (Wildman–Crippen LogP) is 5.99. The van der Waals surface area contributed by atoms with E-state index in [2.05, 4.69) is 22.5 Å². The molecule has 190 valence electrons. The molecule has 13 heteroatoms. The van der Waals surface area contributed by atoms with Crippen molar-refractivity contribution in [3.8, 4) is 11.5 Å². The Balaban J connectivity index is 2.01. The van der Waals surface area contributed by atoms with Crippen molar-refractivity contribution in [3.63, 3.8) is 0 Å². The molecule has 5 nitrogen and oxygen atoms in total. The van der Waals surface area contributed by atoms with Crippen LogP contribution in [0.15, 0.2) is 40.9 Å². The van der Waals surface area contributed by atoms with Gasteiger partial charge in [0.05, 0.1) is 11.6 Å².